The zero-order valence-corrected chi connectivity index (χ0v) is 17.1. The molecule has 0 aliphatic rings. The lowest BCUT2D eigenvalue weighted by molar-refractivity contribution is 0.481. The van der Waals surface area contributed by atoms with Crippen molar-refractivity contribution in [3.05, 3.63) is 95.5 Å². The highest BCUT2D eigenvalue weighted by Gasteiger charge is 2.10. The van der Waals surface area contributed by atoms with Crippen LogP contribution >= 0.6 is 11.6 Å². The fourth-order valence-corrected chi connectivity index (χ4v) is 3.67. The fraction of sp³-hybridized carbons (Fsp3) is 0. The quantitative estimate of drug-likeness (QED) is 0.264. The number of hydrogen-bond acceptors (Lipinski definition) is 5. The van der Waals surface area contributed by atoms with Gasteiger partial charge in [-0.05, 0) is 29.7 Å². The van der Waals surface area contributed by atoms with Crippen LogP contribution < -0.4 is 5.43 Å². The molecule has 0 unspecified atom stereocenters. The predicted octanol–water partition coefficient (Wildman–Crippen LogP) is 6.26. The summed E-state index contributed by atoms with van der Waals surface area (Å²) >= 11 is 6.21. The van der Waals surface area contributed by atoms with Gasteiger partial charge in [-0.25, -0.2) is 15.4 Å². The van der Waals surface area contributed by atoms with Gasteiger partial charge in [0.05, 0.1) is 17.4 Å². The summed E-state index contributed by atoms with van der Waals surface area (Å²) in [6.07, 6.45) is 1.55. The molecule has 31 heavy (non-hydrogen) atoms. The monoisotopic (exact) mass is 424 g/mol. The number of aromatic nitrogens is 2. The van der Waals surface area contributed by atoms with Crippen molar-refractivity contribution in [2.24, 2.45) is 5.10 Å². The van der Waals surface area contributed by atoms with Crippen molar-refractivity contribution in [2.45, 2.75) is 0 Å². The highest BCUT2D eigenvalue weighted by atomic mass is 35.5. The predicted molar refractivity (Wildman–Crippen MR) is 127 cm³/mol. The van der Waals surface area contributed by atoms with Gasteiger partial charge in [0.2, 0.25) is 5.95 Å². The van der Waals surface area contributed by atoms with Crippen LogP contribution in [0.2, 0.25) is 5.02 Å². The van der Waals surface area contributed by atoms with Crippen molar-refractivity contribution in [1.82, 2.24) is 9.97 Å². The van der Waals surface area contributed by atoms with Gasteiger partial charge in [-0.1, -0.05) is 72.3 Å². The zero-order chi connectivity index (χ0) is 21.2. The number of fused-ring (bicyclic) bond motifs is 2. The largest absolute Gasteiger partial charge is 0.507 e. The second-order valence-electron chi connectivity index (χ2n) is 7.02. The minimum Gasteiger partial charge on any atom is -0.507 e. The molecule has 0 saturated heterocycles. The minimum atomic E-state index is 0.183. The van der Waals surface area contributed by atoms with Gasteiger partial charge in [-0.3, -0.25) is 0 Å². The first kappa shape index (κ1) is 19.0. The number of halogens is 1. The standard InChI is InChI=1S/C25H17ClN4O/c26-19-12-13-22-21(14-19)23(17-7-2-1-3-8-17)29-25(28-22)30-27-15-18-11-10-16-6-4-5-9-20(16)24(18)31/h1-15,31H,(H,28,29,30). The van der Waals surface area contributed by atoms with E-state index in [1.54, 1.807) is 12.3 Å². The number of anilines is 1. The maximum absolute atomic E-state index is 10.5. The number of benzene rings is 4. The van der Waals surface area contributed by atoms with Gasteiger partial charge in [-0.15, -0.1) is 0 Å². The molecule has 1 aromatic heterocycles. The number of hydrogen-bond donors (Lipinski definition) is 2. The molecule has 6 heteroatoms. The SMILES string of the molecule is Oc1c(C=NNc2nc(-c3ccccc3)c3cc(Cl)ccc3n2)ccc2ccccc12. The Morgan fingerprint density at radius 1 is 0.839 bits per heavy atom. The third kappa shape index (κ3) is 3.79. The molecular formula is C25H17ClN4O. The van der Waals surface area contributed by atoms with E-state index < -0.39 is 0 Å². The smallest absolute Gasteiger partial charge is 0.244 e. The van der Waals surface area contributed by atoms with E-state index in [-0.39, 0.29) is 5.75 Å². The Morgan fingerprint density at radius 3 is 2.52 bits per heavy atom. The molecule has 1 heterocycles. The van der Waals surface area contributed by atoms with Crippen molar-refractivity contribution in [1.29, 1.82) is 0 Å². The molecule has 2 N–H and O–H groups in total. The molecule has 0 aliphatic heterocycles. The van der Waals surface area contributed by atoms with Gasteiger partial charge in [-0.2, -0.15) is 5.10 Å². The van der Waals surface area contributed by atoms with E-state index >= 15 is 0 Å². The second kappa shape index (κ2) is 8.05. The summed E-state index contributed by atoms with van der Waals surface area (Å²) in [4.78, 5) is 9.21. The summed E-state index contributed by atoms with van der Waals surface area (Å²) in [6.45, 7) is 0. The van der Waals surface area contributed by atoms with E-state index in [4.69, 9.17) is 11.6 Å². The molecule has 0 aliphatic carbocycles. The van der Waals surface area contributed by atoms with E-state index in [0.29, 0.717) is 16.5 Å². The molecule has 5 aromatic rings. The van der Waals surface area contributed by atoms with Crippen LogP contribution in [0.3, 0.4) is 0 Å². The summed E-state index contributed by atoms with van der Waals surface area (Å²) < 4.78 is 0. The van der Waals surface area contributed by atoms with Gasteiger partial charge in [0.25, 0.3) is 0 Å². The van der Waals surface area contributed by atoms with E-state index in [0.717, 1.165) is 32.9 Å². The van der Waals surface area contributed by atoms with Crippen LogP contribution in [0, 0.1) is 0 Å². The lowest BCUT2D eigenvalue weighted by Crippen LogP contribution is -2.00. The molecule has 150 valence electrons. The summed E-state index contributed by atoms with van der Waals surface area (Å²) in [6, 6.07) is 26.8. The van der Waals surface area contributed by atoms with E-state index in [1.807, 2.05) is 78.9 Å². The minimum absolute atomic E-state index is 0.183. The summed E-state index contributed by atoms with van der Waals surface area (Å²) in [5, 5.41) is 18.0. The highest BCUT2D eigenvalue weighted by Crippen LogP contribution is 2.30. The van der Waals surface area contributed by atoms with Gasteiger partial charge in [0.15, 0.2) is 0 Å². The Morgan fingerprint density at radius 2 is 1.65 bits per heavy atom. The van der Waals surface area contributed by atoms with E-state index in [2.05, 4.69) is 20.5 Å². The topological polar surface area (TPSA) is 70.4 Å². The first-order chi connectivity index (χ1) is 15.2. The van der Waals surface area contributed by atoms with Gasteiger partial charge in [0, 0.05) is 26.9 Å². The van der Waals surface area contributed by atoms with Gasteiger partial charge in [0.1, 0.15) is 5.75 Å². The fourth-order valence-electron chi connectivity index (χ4n) is 3.50. The van der Waals surface area contributed by atoms with Crippen molar-refractivity contribution in [3.8, 4) is 17.0 Å². The molecule has 0 atom stereocenters. The summed E-state index contributed by atoms with van der Waals surface area (Å²) in [5.74, 6) is 0.535. The van der Waals surface area contributed by atoms with Gasteiger partial charge < -0.3 is 5.11 Å². The lowest BCUT2D eigenvalue weighted by Gasteiger charge is -2.09. The molecule has 0 radical (unpaired) electrons. The average Bonchev–Trinajstić information content (AvgIpc) is 2.81. The maximum atomic E-state index is 10.5. The van der Waals surface area contributed by atoms with Crippen LogP contribution in [-0.2, 0) is 0 Å². The molecule has 0 spiro atoms. The summed E-state index contributed by atoms with van der Waals surface area (Å²) in [7, 11) is 0. The Balaban J connectivity index is 1.51. The molecular weight excluding hydrogens is 408 g/mol. The number of aromatic hydroxyl groups is 1. The van der Waals surface area contributed by atoms with E-state index in [9.17, 15) is 5.11 Å². The van der Waals surface area contributed by atoms with E-state index in [1.165, 1.54) is 0 Å². The van der Waals surface area contributed by atoms with Crippen LogP contribution in [0.1, 0.15) is 5.56 Å². The number of phenols is 1. The number of nitrogens with zero attached hydrogens (tertiary/aromatic N) is 3. The molecule has 5 nitrogen and oxygen atoms in total. The third-order valence-electron chi connectivity index (χ3n) is 5.00. The molecule has 0 saturated carbocycles. The number of rotatable bonds is 4. The highest BCUT2D eigenvalue weighted by molar-refractivity contribution is 6.31. The van der Waals surface area contributed by atoms with Crippen molar-refractivity contribution in [2.75, 3.05) is 5.43 Å². The Kier molecular flexibility index (Phi) is 4.94. The molecule has 4 aromatic carbocycles. The zero-order valence-electron chi connectivity index (χ0n) is 16.3. The van der Waals surface area contributed by atoms with Gasteiger partial charge >= 0.3 is 0 Å². The first-order valence-corrected chi connectivity index (χ1v) is 10.1. The maximum Gasteiger partial charge on any atom is 0.244 e. The van der Waals surface area contributed by atoms with Crippen LogP contribution in [0.25, 0.3) is 32.9 Å². The Labute approximate surface area is 183 Å². The third-order valence-corrected chi connectivity index (χ3v) is 5.24. The average molecular weight is 425 g/mol. The van der Waals surface area contributed by atoms with Crippen LogP contribution in [-0.4, -0.2) is 21.3 Å². The summed E-state index contributed by atoms with van der Waals surface area (Å²) in [5.41, 5.74) is 5.96. The van der Waals surface area contributed by atoms with Crippen molar-refractivity contribution in [3.63, 3.8) is 0 Å². The molecule has 0 fully saturated rings. The normalized spacial score (nSPS) is 11.4. The van der Waals surface area contributed by atoms with Crippen LogP contribution in [0.5, 0.6) is 5.75 Å². The Bertz CT molecular complexity index is 1430. The Hall–Kier alpha value is -3.96. The van der Waals surface area contributed by atoms with Crippen molar-refractivity contribution >= 4 is 45.4 Å². The number of phenolic OH excluding ortho intramolecular Hbond substituents is 1. The molecule has 0 amide bonds. The van der Waals surface area contributed by atoms with Crippen LogP contribution in [0.4, 0.5) is 5.95 Å². The van der Waals surface area contributed by atoms with Crippen LogP contribution in [0.15, 0.2) is 90.0 Å². The second-order valence-corrected chi connectivity index (χ2v) is 7.45. The lowest BCUT2D eigenvalue weighted by atomic mass is 10.1. The first-order valence-electron chi connectivity index (χ1n) is 9.71. The molecule has 0 bridgehead atoms. The number of hydrazone groups is 1. The number of nitrogens with one attached hydrogen (secondary N) is 1. The van der Waals surface area contributed by atoms with Crippen molar-refractivity contribution < 1.29 is 5.11 Å². The molecule has 5 rings (SSSR count).